The van der Waals surface area contributed by atoms with Crippen LogP contribution < -0.4 is 10.6 Å². The second kappa shape index (κ2) is 5.11. The van der Waals surface area contributed by atoms with Crippen LogP contribution in [0.4, 0.5) is 15.6 Å². The molecule has 0 unspecified atom stereocenters. The van der Waals surface area contributed by atoms with E-state index in [1.54, 1.807) is 13.0 Å². The molecule has 0 bridgehead atoms. The number of anilines is 2. The first-order valence-electron chi connectivity index (χ1n) is 5.39. The largest absolute Gasteiger partial charge is 0.478 e. The zero-order chi connectivity index (χ0) is 14.0. The van der Waals surface area contributed by atoms with Crippen LogP contribution >= 0.6 is 11.3 Å². The molecule has 0 saturated carbocycles. The SMILES string of the molecule is Cc1sc(NC(=O)Nc2ccn[nH]2)c(C(=O)O)c1C. The molecular weight excluding hydrogens is 268 g/mol. The number of hydrogen-bond acceptors (Lipinski definition) is 4. The van der Waals surface area contributed by atoms with Gasteiger partial charge in [-0.1, -0.05) is 0 Å². The smallest absolute Gasteiger partial charge is 0.338 e. The maximum absolute atomic E-state index is 11.7. The van der Waals surface area contributed by atoms with Crippen molar-refractivity contribution >= 4 is 34.2 Å². The van der Waals surface area contributed by atoms with E-state index in [4.69, 9.17) is 5.11 Å². The standard InChI is InChI=1S/C11H12N4O3S/c1-5-6(2)19-9(8(5)10(16)17)14-11(18)13-7-3-4-12-15-7/h3-4H,1-2H3,(H,16,17)(H3,12,13,14,15,18). The average Bonchev–Trinajstić information content (AvgIpc) is 2.88. The van der Waals surface area contributed by atoms with Crippen molar-refractivity contribution < 1.29 is 14.7 Å². The van der Waals surface area contributed by atoms with E-state index in [1.165, 1.54) is 17.5 Å². The number of aromatic carboxylic acids is 1. The molecule has 0 atom stereocenters. The molecule has 0 spiro atoms. The van der Waals surface area contributed by atoms with E-state index in [-0.39, 0.29) is 5.56 Å². The molecule has 2 aromatic rings. The minimum atomic E-state index is -1.06. The predicted molar refractivity (Wildman–Crippen MR) is 72.0 cm³/mol. The van der Waals surface area contributed by atoms with Gasteiger partial charge < -0.3 is 5.11 Å². The van der Waals surface area contributed by atoms with Crippen LogP contribution in [0.2, 0.25) is 0 Å². The number of amides is 2. The molecule has 2 amide bonds. The molecule has 0 radical (unpaired) electrons. The Morgan fingerprint density at radius 3 is 2.68 bits per heavy atom. The van der Waals surface area contributed by atoms with Crippen LogP contribution in [0.25, 0.3) is 0 Å². The summed E-state index contributed by atoms with van der Waals surface area (Å²) in [7, 11) is 0. The summed E-state index contributed by atoms with van der Waals surface area (Å²) in [5.74, 6) is -0.627. The highest BCUT2D eigenvalue weighted by Gasteiger charge is 2.20. The molecule has 0 aliphatic heterocycles. The number of aromatic nitrogens is 2. The van der Waals surface area contributed by atoms with Gasteiger partial charge in [-0.05, 0) is 19.4 Å². The number of carbonyl (C=O) groups is 2. The number of nitrogens with one attached hydrogen (secondary N) is 3. The first-order valence-corrected chi connectivity index (χ1v) is 6.21. The number of hydrogen-bond donors (Lipinski definition) is 4. The molecule has 2 heterocycles. The van der Waals surface area contributed by atoms with Crippen LogP contribution in [-0.2, 0) is 0 Å². The van der Waals surface area contributed by atoms with E-state index >= 15 is 0 Å². The summed E-state index contributed by atoms with van der Waals surface area (Å²) < 4.78 is 0. The van der Waals surface area contributed by atoms with Crippen LogP contribution in [0.1, 0.15) is 20.8 Å². The third-order valence-electron chi connectivity index (χ3n) is 2.58. The number of carbonyl (C=O) groups excluding carboxylic acids is 1. The maximum atomic E-state index is 11.7. The second-order valence-electron chi connectivity index (χ2n) is 3.84. The van der Waals surface area contributed by atoms with Crippen LogP contribution in [0.5, 0.6) is 0 Å². The van der Waals surface area contributed by atoms with Crippen molar-refractivity contribution in [2.45, 2.75) is 13.8 Å². The fraction of sp³-hybridized carbons (Fsp3) is 0.182. The molecule has 2 rings (SSSR count). The normalized spacial score (nSPS) is 10.2. The Bertz CT molecular complexity index is 618. The molecular formula is C11H12N4O3S. The van der Waals surface area contributed by atoms with Crippen molar-refractivity contribution in [2.75, 3.05) is 10.6 Å². The van der Waals surface area contributed by atoms with Gasteiger partial charge in [0.25, 0.3) is 0 Å². The van der Waals surface area contributed by atoms with Gasteiger partial charge in [0.05, 0.1) is 11.8 Å². The van der Waals surface area contributed by atoms with Crippen LogP contribution in [0.3, 0.4) is 0 Å². The summed E-state index contributed by atoms with van der Waals surface area (Å²) in [6.07, 6.45) is 1.50. The Balaban J connectivity index is 2.17. The Morgan fingerprint density at radius 1 is 1.37 bits per heavy atom. The maximum Gasteiger partial charge on any atom is 0.338 e. The van der Waals surface area contributed by atoms with Crippen molar-refractivity contribution in [1.82, 2.24) is 10.2 Å². The minimum Gasteiger partial charge on any atom is -0.478 e. The van der Waals surface area contributed by atoms with Gasteiger partial charge in [0.1, 0.15) is 10.8 Å². The Morgan fingerprint density at radius 2 is 2.11 bits per heavy atom. The molecule has 8 heteroatoms. The van der Waals surface area contributed by atoms with E-state index in [1.807, 2.05) is 6.92 Å². The number of aryl methyl sites for hydroxylation is 1. The van der Waals surface area contributed by atoms with E-state index < -0.39 is 12.0 Å². The van der Waals surface area contributed by atoms with Gasteiger partial charge in [-0.25, -0.2) is 9.59 Å². The van der Waals surface area contributed by atoms with Crippen molar-refractivity contribution in [1.29, 1.82) is 0 Å². The molecule has 4 N–H and O–H groups in total. The molecule has 0 saturated heterocycles. The summed E-state index contributed by atoms with van der Waals surface area (Å²) in [6.45, 7) is 3.53. The summed E-state index contributed by atoms with van der Waals surface area (Å²) >= 11 is 1.23. The van der Waals surface area contributed by atoms with E-state index in [2.05, 4.69) is 20.8 Å². The highest BCUT2D eigenvalue weighted by atomic mass is 32.1. The molecule has 100 valence electrons. The summed E-state index contributed by atoms with van der Waals surface area (Å²) in [4.78, 5) is 23.7. The quantitative estimate of drug-likeness (QED) is 0.692. The van der Waals surface area contributed by atoms with Crippen molar-refractivity contribution in [3.8, 4) is 0 Å². The van der Waals surface area contributed by atoms with E-state index in [0.29, 0.717) is 16.4 Å². The van der Waals surface area contributed by atoms with Gasteiger partial charge in [-0.3, -0.25) is 15.7 Å². The lowest BCUT2D eigenvalue weighted by Gasteiger charge is -2.05. The predicted octanol–water partition coefficient (Wildman–Crippen LogP) is 2.43. The van der Waals surface area contributed by atoms with Gasteiger partial charge in [-0.2, -0.15) is 5.10 Å². The van der Waals surface area contributed by atoms with Crippen molar-refractivity contribution in [3.63, 3.8) is 0 Å². The first kappa shape index (κ1) is 13.1. The number of nitrogens with zero attached hydrogens (tertiary/aromatic N) is 1. The van der Waals surface area contributed by atoms with Gasteiger partial charge in [0.15, 0.2) is 0 Å². The Labute approximate surface area is 112 Å². The van der Waals surface area contributed by atoms with Gasteiger partial charge in [0.2, 0.25) is 0 Å². The van der Waals surface area contributed by atoms with Gasteiger partial charge in [-0.15, -0.1) is 11.3 Å². The van der Waals surface area contributed by atoms with Gasteiger partial charge in [0, 0.05) is 10.9 Å². The van der Waals surface area contributed by atoms with Crippen LogP contribution in [0, 0.1) is 13.8 Å². The molecule has 7 nitrogen and oxygen atoms in total. The minimum absolute atomic E-state index is 0.127. The number of carboxylic acids is 1. The highest BCUT2D eigenvalue weighted by Crippen LogP contribution is 2.32. The fourth-order valence-corrected chi connectivity index (χ4v) is 2.60. The molecule has 2 aromatic heterocycles. The zero-order valence-corrected chi connectivity index (χ0v) is 11.1. The van der Waals surface area contributed by atoms with E-state index in [9.17, 15) is 9.59 Å². The number of carboxylic acid groups (broad SMARTS) is 1. The summed E-state index contributed by atoms with van der Waals surface area (Å²) in [5.41, 5.74) is 0.789. The Kier molecular flexibility index (Phi) is 3.52. The van der Waals surface area contributed by atoms with Crippen LogP contribution in [0.15, 0.2) is 12.3 Å². The van der Waals surface area contributed by atoms with Crippen molar-refractivity contribution in [3.05, 3.63) is 28.3 Å². The van der Waals surface area contributed by atoms with E-state index in [0.717, 1.165) is 4.88 Å². The molecule has 0 aliphatic carbocycles. The average molecular weight is 280 g/mol. The van der Waals surface area contributed by atoms with Gasteiger partial charge >= 0.3 is 12.0 Å². The monoisotopic (exact) mass is 280 g/mol. The number of urea groups is 1. The highest BCUT2D eigenvalue weighted by molar-refractivity contribution is 7.16. The summed E-state index contributed by atoms with van der Waals surface area (Å²) in [6, 6.07) is 1.07. The number of thiophene rings is 1. The fourth-order valence-electron chi connectivity index (χ4n) is 1.55. The molecule has 0 fully saturated rings. The third kappa shape index (κ3) is 2.74. The molecule has 0 aromatic carbocycles. The lowest BCUT2D eigenvalue weighted by atomic mass is 10.1. The zero-order valence-electron chi connectivity index (χ0n) is 10.3. The first-order chi connectivity index (χ1) is 8.99. The second-order valence-corrected chi connectivity index (χ2v) is 5.07. The third-order valence-corrected chi connectivity index (χ3v) is 3.70. The lowest BCUT2D eigenvalue weighted by Crippen LogP contribution is -2.20. The van der Waals surface area contributed by atoms with Crippen LogP contribution in [-0.4, -0.2) is 27.3 Å². The summed E-state index contributed by atoms with van der Waals surface area (Å²) in [5, 5.41) is 20.8. The topological polar surface area (TPSA) is 107 Å². The Hall–Kier alpha value is -2.35. The van der Waals surface area contributed by atoms with Crippen molar-refractivity contribution in [2.24, 2.45) is 0 Å². The molecule has 0 aliphatic rings. The lowest BCUT2D eigenvalue weighted by molar-refractivity contribution is 0.0697. The molecule has 19 heavy (non-hydrogen) atoms. The number of aromatic amines is 1. The number of H-pyrrole nitrogens is 1. The number of rotatable bonds is 3.